The predicted octanol–water partition coefficient (Wildman–Crippen LogP) is 4.18. The number of imidazole rings is 1. The van der Waals surface area contributed by atoms with Crippen LogP contribution in [0.5, 0.6) is 5.88 Å². The number of esters is 1. The van der Waals surface area contributed by atoms with E-state index in [9.17, 15) is 4.79 Å². The van der Waals surface area contributed by atoms with E-state index in [0.29, 0.717) is 11.8 Å². The summed E-state index contributed by atoms with van der Waals surface area (Å²) in [6, 6.07) is 9.52. The van der Waals surface area contributed by atoms with Crippen molar-refractivity contribution in [3.8, 4) is 11.8 Å². The number of benzene rings is 1. The minimum Gasteiger partial charge on any atom is -0.407 e. The first-order valence-corrected chi connectivity index (χ1v) is 8.85. The molecule has 0 atom stereocenters. The van der Waals surface area contributed by atoms with Gasteiger partial charge in [-0.1, -0.05) is 38.8 Å². The van der Waals surface area contributed by atoms with Gasteiger partial charge in [-0.2, -0.15) is 9.78 Å². The zero-order valence-electron chi connectivity index (χ0n) is 15.0. The average molecular weight is 340 g/mol. The van der Waals surface area contributed by atoms with E-state index in [1.165, 1.54) is 0 Å². The third-order valence-electron chi connectivity index (χ3n) is 4.19. The van der Waals surface area contributed by atoms with Crippen molar-refractivity contribution in [3.63, 3.8) is 0 Å². The lowest BCUT2D eigenvalue weighted by atomic mass is 9.99. The highest BCUT2D eigenvalue weighted by Crippen LogP contribution is 2.23. The van der Waals surface area contributed by atoms with Crippen molar-refractivity contribution in [2.45, 2.75) is 46.5 Å². The third kappa shape index (κ3) is 3.73. The number of H-pyrrole nitrogens is 1. The van der Waals surface area contributed by atoms with Crippen molar-refractivity contribution >= 4 is 17.0 Å². The summed E-state index contributed by atoms with van der Waals surface area (Å²) in [4.78, 5) is 20.3. The van der Waals surface area contributed by atoms with Crippen molar-refractivity contribution in [3.05, 3.63) is 36.0 Å². The van der Waals surface area contributed by atoms with Gasteiger partial charge in [0.05, 0.1) is 22.6 Å². The van der Waals surface area contributed by atoms with E-state index in [4.69, 9.17) is 4.74 Å². The first-order valence-electron chi connectivity index (χ1n) is 8.85. The summed E-state index contributed by atoms with van der Waals surface area (Å²) in [5, 5.41) is 4.43. The summed E-state index contributed by atoms with van der Waals surface area (Å²) in [6.45, 7) is 6.03. The molecular formula is C19H24N4O2. The Morgan fingerprint density at radius 1 is 1.24 bits per heavy atom. The highest BCUT2D eigenvalue weighted by Gasteiger charge is 2.22. The maximum absolute atomic E-state index is 12.6. The number of aromatic nitrogens is 4. The number of hydrogen-bond donors (Lipinski definition) is 1. The number of hydrogen-bond acceptors (Lipinski definition) is 4. The highest BCUT2D eigenvalue weighted by atomic mass is 16.5. The van der Waals surface area contributed by atoms with Crippen LogP contribution in [0.4, 0.5) is 0 Å². The number of ether oxygens (including phenoxy) is 1. The fourth-order valence-electron chi connectivity index (χ4n) is 3.00. The molecule has 0 saturated heterocycles. The fraction of sp³-hybridized carbons (Fsp3) is 0.421. The van der Waals surface area contributed by atoms with E-state index in [1.54, 1.807) is 10.7 Å². The van der Waals surface area contributed by atoms with Gasteiger partial charge in [-0.3, -0.25) is 4.79 Å². The Hall–Kier alpha value is -2.63. The Morgan fingerprint density at radius 3 is 2.64 bits per heavy atom. The highest BCUT2D eigenvalue weighted by molar-refractivity contribution is 5.76. The molecule has 0 aliphatic rings. The zero-order chi connectivity index (χ0) is 17.8. The topological polar surface area (TPSA) is 72.8 Å². The van der Waals surface area contributed by atoms with E-state index < -0.39 is 0 Å². The number of carbonyl (C=O) groups is 1. The van der Waals surface area contributed by atoms with Gasteiger partial charge in [0.15, 0.2) is 0 Å². The van der Waals surface area contributed by atoms with Gasteiger partial charge in [-0.25, -0.2) is 4.98 Å². The van der Waals surface area contributed by atoms with E-state index in [1.807, 2.05) is 31.2 Å². The zero-order valence-corrected chi connectivity index (χ0v) is 15.0. The monoisotopic (exact) mass is 340 g/mol. The van der Waals surface area contributed by atoms with Crippen LogP contribution in [0.1, 0.15) is 45.2 Å². The number of fused-ring (bicyclic) bond motifs is 1. The van der Waals surface area contributed by atoms with Crippen LogP contribution in [-0.2, 0) is 4.79 Å². The van der Waals surface area contributed by atoms with Crippen LogP contribution in [0, 0.1) is 12.8 Å². The van der Waals surface area contributed by atoms with Crippen LogP contribution < -0.4 is 4.74 Å². The first-order chi connectivity index (χ1) is 12.1. The molecule has 0 amide bonds. The van der Waals surface area contributed by atoms with E-state index in [2.05, 4.69) is 28.9 Å². The minimum atomic E-state index is -0.194. The number of nitrogens with one attached hydrogen (secondary N) is 1. The standard InChI is InChI=1S/C19H24N4O2/c1-4-8-14(9-5-2)18(24)25-17-12-13(3)22-23(17)19-20-15-10-6-7-11-16(15)21-19/h6-7,10-12,14H,4-5,8-9H2,1-3H3,(H,20,21). The largest absolute Gasteiger partial charge is 0.407 e. The van der Waals surface area contributed by atoms with Gasteiger partial charge < -0.3 is 9.72 Å². The fourth-order valence-corrected chi connectivity index (χ4v) is 3.00. The third-order valence-corrected chi connectivity index (χ3v) is 4.19. The molecule has 0 aliphatic heterocycles. The molecule has 0 fully saturated rings. The molecule has 0 aliphatic carbocycles. The number of para-hydroxylation sites is 2. The Labute approximate surface area is 147 Å². The van der Waals surface area contributed by atoms with E-state index in [0.717, 1.165) is 42.4 Å². The van der Waals surface area contributed by atoms with Gasteiger partial charge in [0, 0.05) is 6.07 Å². The molecule has 3 aromatic rings. The molecule has 3 rings (SSSR count). The summed E-state index contributed by atoms with van der Waals surface area (Å²) >= 11 is 0. The molecule has 6 heteroatoms. The van der Waals surface area contributed by atoms with Gasteiger partial charge in [0.1, 0.15) is 0 Å². The maximum atomic E-state index is 12.6. The van der Waals surface area contributed by atoms with Crippen molar-refractivity contribution in [2.75, 3.05) is 0 Å². The van der Waals surface area contributed by atoms with Crippen molar-refractivity contribution in [1.82, 2.24) is 19.7 Å². The Kier molecular flexibility index (Phi) is 5.16. The quantitative estimate of drug-likeness (QED) is 0.655. The summed E-state index contributed by atoms with van der Waals surface area (Å²) in [6.07, 6.45) is 3.60. The molecule has 1 N–H and O–H groups in total. The molecule has 0 radical (unpaired) electrons. The summed E-state index contributed by atoms with van der Waals surface area (Å²) < 4.78 is 7.24. The molecule has 2 heterocycles. The molecular weight excluding hydrogens is 316 g/mol. The summed E-state index contributed by atoms with van der Waals surface area (Å²) in [5.74, 6) is 0.675. The minimum absolute atomic E-state index is 0.0747. The summed E-state index contributed by atoms with van der Waals surface area (Å²) in [5.41, 5.74) is 2.53. The van der Waals surface area contributed by atoms with Crippen LogP contribution in [0.15, 0.2) is 30.3 Å². The van der Waals surface area contributed by atoms with Crippen LogP contribution in [0.25, 0.3) is 17.0 Å². The first kappa shape index (κ1) is 17.2. The van der Waals surface area contributed by atoms with Gasteiger partial charge in [0.25, 0.3) is 0 Å². The van der Waals surface area contributed by atoms with Gasteiger partial charge in [-0.15, -0.1) is 0 Å². The molecule has 0 unspecified atom stereocenters. The lowest BCUT2D eigenvalue weighted by Gasteiger charge is -2.14. The molecule has 25 heavy (non-hydrogen) atoms. The van der Waals surface area contributed by atoms with Crippen LogP contribution in [0.2, 0.25) is 0 Å². The SMILES string of the molecule is CCCC(CCC)C(=O)Oc1cc(C)nn1-c1nc2ccccc2[nH]1. The van der Waals surface area contributed by atoms with Crippen molar-refractivity contribution in [2.24, 2.45) is 5.92 Å². The number of aryl methyl sites for hydroxylation is 1. The number of rotatable bonds is 7. The average Bonchev–Trinajstić information content (AvgIpc) is 3.17. The Morgan fingerprint density at radius 2 is 1.96 bits per heavy atom. The lowest BCUT2D eigenvalue weighted by molar-refractivity contribution is -0.139. The number of carbonyl (C=O) groups excluding carboxylic acids is 1. The maximum Gasteiger partial charge on any atom is 0.315 e. The number of nitrogens with zero attached hydrogens (tertiary/aromatic N) is 3. The smallest absolute Gasteiger partial charge is 0.315 e. The Balaban J connectivity index is 1.89. The van der Waals surface area contributed by atoms with Gasteiger partial charge in [-0.05, 0) is 31.9 Å². The summed E-state index contributed by atoms with van der Waals surface area (Å²) in [7, 11) is 0. The van der Waals surface area contributed by atoms with Crippen LogP contribution in [0.3, 0.4) is 0 Å². The van der Waals surface area contributed by atoms with E-state index >= 15 is 0 Å². The second-order valence-corrected chi connectivity index (χ2v) is 6.31. The van der Waals surface area contributed by atoms with Crippen molar-refractivity contribution in [1.29, 1.82) is 0 Å². The lowest BCUT2D eigenvalue weighted by Crippen LogP contribution is -2.21. The van der Waals surface area contributed by atoms with Crippen LogP contribution in [-0.4, -0.2) is 25.7 Å². The second-order valence-electron chi connectivity index (χ2n) is 6.31. The molecule has 0 bridgehead atoms. The predicted molar refractivity (Wildman–Crippen MR) is 96.9 cm³/mol. The van der Waals surface area contributed by atoms with Crippen LogP contribution >= 0.6 is 0 Å². The second kappa shape index (κ2) is 7.51. The molecule has 132 valence electrons. The molecule has 6 nitrogen and oxygen atoms in total. The van der Waals surface area contributed by atoms with E-state index in [-0.39, 0.29) is 11.9 Å². The Bertz CT molecular complexity index is 826. The molecule has 0 saturated carbocycles. The number of aromatic amines is 1. The molecule has 0 spiro atoms. The van der Waals surface area contributed by atoms with Gasteiger partial charge >= 0.3 is 5.97 Å². The van der Waals surface area contributed by atoms with Crippen molar-refractivity contribution < 1.29 is 9.53 Å². The molecule has 2 aromatic heterocycles. The van der Waals surface area contributed by atoms with Gasteiger partial charge in [0.2, 0.25) is 11.8 Å². The normalized spacial score (nSPS) is 11.4. The molecule has 1 aromatic carbocycles.